The molecule has 0 saturated heterocycles. The summed E-state index contributed by atoms with van der Waals surface area (Å²) in [5, 5.41) is 3.36. The number of hydrogen-bond donors (Lipinski definition) is 1. The van der Waals surface area contributed by atoms with Gasteiger partial charge < -0.3 is 15.0 Å². The Labute approximate surface area is 155 Å². The van der Waals surface area contributed by atoms with Gasteiger partial charge in [0.1, 0.15) is 5.75 Å². The number of benzene rings is 2. The lowest BCUT2D eigenvalue weighted by atomic mass is 9.99. The van der Waals surface area contributed by atoms with Crippen molar-refractivity contribution in [1.29, 1.82) is 0 Å². The molecule has 130 valence electrons. The maximum absolute atomic E-state index is 12.8. The number of nitrogens with zero attached hydrogens (tertiary/aromatic N) is 1. The molecule has 1 N–H and O–H groups in total. The fourth-order valence-electron chi connectivity index (χ4n) is 2.65. The SMILES string of the molecule is Cc1ccc2c(c1)N(C)C(=O)C(C)(C(=O)Nc1cc(Cl)ccc1Cl)O2. The van der Waals surface area contributed by atoms with Gasteiger partial charge in [0.2, 0.25) is 0 Å². The topological polar surface area (TPSA) is 58.6 Å². The monoisotopic (exact) mass is 378 g/mol. The number of likely N-dealkylation sites (N-methyl/N-ethyl adjacent to an activating group) is 1. The summed E-state index contributed by atoms with van der Waals surface area (Å²) in [7, 11) is 1.61. The second kappa shape index (κ2) is 6.24. The first-order valence-corrected chi connectivity index (χ1v) is 8.32. The van der Waals surface area contributed by atoms with Gasteiger partial charge in [-0.3, -0.25) is 9.59 Å². The molecule has 2 amide bonds. The van der Waals surface area contributed by atoms with Crippen molar-refractivity contribution in [1.82, 2.24) is 0 Å². The summed E-state index contributed by atoms with van der Waals surface area (Å²) >= 11 is 12.0. The minimum absolute atomic E-state index is 0.314. The standard InChI is InChI=1S/C18H16Cl2N2O3/c1-10-4-7-15-14(8-10)22(3)17(24)18(2,25-15)16(23)21-13-9-11(19)5-6-12(13)20/h4-9H,1-3H3,(H,21,23). The molecule has 25 heavy (non-hydrogen) atoms. The summed E-state index contributed by atoms with van der Waals surface area (Å²) in [6.45, 7) is 3.35. The van der Waals surface area contributed by atoms with Crippen LogP contribution in [0.2, 0.25) is 10.0 Å². The molecule has 2 aromatic carbocycles. The van der Waals surface area contributed by atoms with Crippen LogP contribution in [0.15, 0.2) is 36.4 Å². The summed E-state index contributed by atoms with van der Waals surface area (Å²) in [4.78, 5) is 27.0. The quantitative estimate of drug-likeness (QED) is 0.801. The lowest BCUT2D eigenvalue weighted by Crippen LogP contribution is -2.59. The van der Waals surface area contributed by atoms with E-state index >= 15 is 0 Å². The van der Waals surface area contributed by atoms with Crippen LogP contribution in [0.1, 0.15) is 12.5 Å². The van der Waals surface area contributed by atoms with Crippen molar-refractivity contribution in [3.63, 3.8) is 0 Å². The number of carbonyl (C=O) groups is 2. The van der Waals surface area contributed by atoms with Crippen molar-refractivity contribution >= 4 is 46.4 Å². The molecular weight excluding hydrogens is 363 g/mol. The van der Waals surface area contributed by atoms with Crippen molar-refractivity contribution in [3.05, 3.63) is 52.0 Å². The third-order valence-corrected chi connectivity index (χ3v) is 4.68. The lowest BCUT2D eigenvalue weighted by molar-refractivity contribution is -0.144. The normalized spacial score (nSPS) is 19.2. The van der Waals surface area contributed by atoms with Crippen molar-refractivity contribution in [2.45, 2.75) is 19.4 Å². The summed E-state index contributed by atoms with van der Waals surface area (Å²) in [6.07, 6.45) is 0. The summed E-state index contributed by atoms with van der Waals surface area (Å²) in [5.41, 5.74) is 0.203. The van der Waals surface area contributed by atoms with Crippen LogP contribution in [0.25, 0.3) is 0 Å². The molecule has 0 fully saturated rings. The Hall–Kier alpha value is -2.24. The van der Waals surface area contributed by atoms with E-state index in [9.17, 15) is 9.59 Å². The Morgan fingerprint density at radius 2 is 1.92 bits per heavy atom. The number of fused-ring (bicyclic) bond motifs is 1. The van der Waals surface area contributed by atoms with Gasteiger partial charge in [0, 0.05) is 12.1 Å². The number of aryl methyl sites for hydroxylation is 1. The van der Waals surface area contributed by atoms with Crippen LogP contribution in [0.5, 0.6) is 5.75 Å². The maximum atomic E-state index is 12.8. The number of amides is 2. The second-order valence-corrected chi connectivity index (χ2v) is 6.89. The average Bonchev–Trinajstić information content (AvgIpc) is 2.57. The Morgan fingerprint density at radius 1 is 1.20 bits per heavy atom. The van der Waals surface area contributed by atoms with E-state index in [1.807, 2.05) is 19.1 Å². The number of nitrogens with one attached hydrogen (secondary N) is 1. The van der Waals surface area contributed by atoms with Gasteiger partial charge in [-0.2, -0.15) is 0 Å². The first kappa shape index (κ1) is 17.6. The van der Waals surface area contributed by atoms with E-state index in [0.29, 0.717) is 27.2 Å². The maximum Gasteiger partial charge on any atom is 0.280 e. The first-order valence-electron chi connectivity index (χ1n) is 7.56. The van der Waals surface area contributed by atoms with Crippen LogP contribution < -0.4 is 15.0 Å². The van der Waals surface area contributed by atoms with Crippen LogP contribution in [-0.4, -0.2) is 24.5 Å². The second-order valence-electron chi connectivity index (χ2n) is 6.05. The molecule has 1 unspecified atom stereocenters. The molecule has 1 atom stereocenters. The molecule has 2 aromatic rings. The van der Waals surface area contributed by atoms with Gasteiger partial charge in [-0.25, -0.2) is 0 Å². The number of hydrogen-bond acceptors (Lipinski definition) is 3. The molecule has 1 aliphatic heterocycles. The number of carbonyl (C=O) groups excluding carboxylic acids is 2. The minimum Gasteiger partial charge on any atom is -0.465 e. The molecule has 0 aromatic heterocycles. The van der Waals surface area contributed by atoms with Crippen molar-refractivity contribution < 1.29 is 14.3 Å². The van der Waals surface area contributed by atoms with E-state index in [1.54, 1.807) is 25.2 Å². The molecule has 1 aliphatic rings. The number of rotatable bonds is 2. The Morgan fingerprint density at radius 3 is 2.64 bits per heavy atom. The highest BCUT2D eigenvalue weighted by molar-refractivity contribution is 6.36. The highest BCUT2D eigenvalue weighted by atomic mass is 35.5. The molecule has 5 nitrogen and oxygen atoms in total. The van der Waals surface area contributed by atoms with Crippen LogP contribution in [-0.2, 0) is 9.59 Å². The zero-order valence-electron chi connectivity index (χ0n) is 13.9. The van der Waals surface area contributed by atoms with Crippen LogP contribution in [0.4, 0.5) is 11.4 Å². The molecule has 0 aliphatic carbocycles. The van der Waals surface area contributed by atoms with Gasteiger partial charge in [-0.05, 0) is 49.7 Å². The Bertz CT molecular complexity index is 885. The molecule has 0 saturated carbocycles. The highest BCUT2D eigenvalue weighted by Gasteiger charge is 2.49. The van der Waals surface area contributed by atoms with Gasteiger partial charge in [-0.15, -0.1) is 0 Å². The van der Waals surface area contributed by atoms with Crippen LogP contribution >= 0.6 is 23.2 Å². The molecule has 0 bridgehead atoms. The van der Waals surface area contributed by atoms with E-state index in [0.717, 1.165) is 5.56 Å². The van der Waals surface area contributed by atoms with Gasteiger partial charge in [0.05, 0.1) is 16.4 Å². The van der Waals surface area contributed by atoms with Crippen LogP contribution in [0, 0.1) is 6.92 Å². The third kappa shape index (κ3) is 3.05. The van der Waals surface area contributed by atoms with Crippen molar-refractivity contribution in [3.8, 4) is 5.75 Å². The van der Waals surface area contributed by atoms with Crippen LogP contribution in [0.3, 0.4) is 0 Å². The van der Waals surface area contributed by atoms with Crippen molar-refractivity contribution in [2.24, 2.45) is 0 Å². The summed E-state index contributed by atoms with van der Waals surface area (Å²) < 4.78 is 5.78. The third-order valence-electron chi connectivity index (χ3n) is 4.11. The van der Waals surface area contributed by atoms with E-state index in [1.165, 1.54) is 17.9 Å². The van der Waals surface area contributed by atoms with Gasteiger partial charge in [-0.1, -0.05) is 29.3 Å². The predicted octanol–water partition coefficient (Wildman–Crippen LogP) is 4.05. The summed E-state index contributed by atoms with van der Waals surface area (Å²) in [6, 6.07) is 10.1. The van der Waals surface area contributed by atoms with E-state index < -0.39 is 17.4 Å². The fourth-order valence-corrected chi connectivity index (χ4v) is 2.98. The number of ether oxygens (including phenoxy) is 1. The number of halogens is 2. The molecule has 3 rings (SSSR count). The number of anilines is 2. The largest absolute Gasteiger partial charge is 0.465 e. The molecule has 0 spiro atoms. The molecular formula is C18H16Cl2N2O3. The Balaban J connectivity index is 1.95. The zero-order chi connectivity index (χ0) is 18.4. The highest BCUT2D eigenvalue weighted by Crippen LogP contribution is 2.38. The lowest BCUT2D eigenvalue weighted by Gasteiger charge is -2.38. The minimum atomic E-state index is -1.72. The molecule has 7 heteroatoms. The smallest absolute Gasteiger partial charge is 0.280 e. The summed E-state index contributed by atoms with van der Waals surface area (Å²) in [5.74, 6) is -0.636. The van der Waals surface area contributed by atoms with Crippen molar-refractivity contribution in [2.75, 3.05) is 17.3 Å². The Kier molecular flexibility index (Phi) is 4.39. The van der Waals surface area contributed by atoms with Gasteiger partial charge in [0.15, 0.2) is 0 Å². The zero-order valence-corrected chi connectivity index (χ0v) is 15.4. The average molecular weight is 379 g/mol. The first-order chi connectivity index (χ1) is 11.7. The molecule has 1 heterocycles. The molecule has 0 radical (unpaired) electrons. The van der Waals surface area contributed by atoms with Gasteiger partial charge in [0.25, 0.3) is 17.4 Å². The van der Waals surface area contributed by atoms with E-state index in [4.69, 9.17) is 27.9 Å². The van der Waals surface area contributed by atoms with E-state index in [2.05, 4.69) is 5.32 Å². The fraction of sp³-hybridized carbons (Fsp3) is 0.222. The van der Waals surface area contributed by atoms with Gasteiger partial charge >= 0.3 is 0 Å². The van der Waals surface area contributed by atoms with E-state index in [-0.39, 0.29) is 0 Å². The predicted molar refractivity (Wildman–Crippen MR) is 98.7 cm³/mol.